The van der Waals surface area contributed by atoms with E-state index in [0.29, 0.717) is 40.6 Å². The van der Waals surface area contributed by atoms with Crippen LogP contribution >= 0.6 is 0 Å². The number of aromatic nitrogens is 2. The highest BCUT2D eigenvalue weighted by molar-refractivity contribution is 5.96. The average Bonchev–Trinajstić information content (AvgIpc) is 3.33. The number of nitrogens with zero attached hydrogens (tertiary/aromatic N) is 3. The molecule has 3 aromatic rings. The third kappa shape index (κ3) is 5.50. The molecule has 0 saturated carbocycles. The van der Waals surface area contributed by atoms with Gasteiger partial charge in [-0.25, -0.2) is 9.97 Å². The van der Waals surface area contributed by atoms with Crippen LogP contribution in [0.4, 0.5) is 13.2 Å². The van der Waals surface area contributed by atoms with Gasteiger partial charge in [0.05, 0.1) is 22.5 Å². The molecular weight excluding hydrogens is 521 g/mol. The molecule has 40 heavy (non-hydrogen) atoms. The number of para-hydroxylation sites is 2. The number of hydrogen-bond donors (Lipinski definition) is 1. The summed E-state index contributed by atoms with van der Waals surface area (Å²) >= 11 is 0. The van der Waals surface area contributed by atoms with Gasteiger partial charge in [0, 0.05) is 24.1 Å². The van der Waals surface area contributed by atoms with Crippen LogP contribution in [-0.2, 0) is 12.0 Å². The number of aryl methyl sites for hydroxylation is 2. The van der Waals surface area contributed by atoms with Crippen molar-refractivity contribution in [2.45, 2.75) is 58.0 Å². The first-order valence-electron chi connectivity index (χ1n) is 13.5. The second-order valence-corrected chi connectivity index (χ2v) is 10.5. The lowest BCUT2D eigenvalue weighted by molar-refractivity contribution is -0.150. The number of carbonyl (C=O) groups is 1. The summed E-state index contributed by atoms with van der Waals surface area (Å²) in [6.07, 6.45) is -0.712. The standard InChI is InChI=1S/C30H33F3N4O3/c1-19(12-15-34-28(38)27-20(2)35-18-36-21(27)3)37-16-13-23(14-17-37)29(39-25-6-4-5-7-26(25)40-29)22-8-10-24(11-9-22)30(31,32)33/h4-11,18-19,23H,12-17H2,1-3H3,(H,34,38). The van der Waals surface area contributed by atoms with Crippen LogP contribution in [0.5, 0.6) is 11.5 Å². The fourth-order valence-corrected chi connectivity index (χ4v) is 5.69. The van der Waals surface area contributed by atoms with Crippen molar-refractivity contribution in [3.8, 4) is 11.5 Å². The van der Waals surface area contributed by atoms with Crippen LogP contribution in [0.2, 0.25) is 0 Å². The summed E-state index contributed by atoms with van der Waals surface area (Å²) < 4.78 is 52.5. The number of carbonyl (C=O) groups excluding carboxylic acids is 1. The van der Waals surface area contributed by atoms with Crippen LogP contribution in [0.25, 0.3) is 0 Å². The lowest BCUT2D eigenvalue weighted by atomic mass is 9.83. The van der Waals surface area contributed by atoms with E-state index in [1.54, 1.807) is 13.8 Å². The van der Waals surface area contributed by atoms with Crippen molar-refractivity contribution < 1.29 is 27.4 Å². The topological polar surface area (TPSA) is 76.6 Å². The van der Waals surface area contributed by atoms with E-state index in [0.717, 1.165) is 44.5 Å². The van der Waals surface area contributed by atoms with E-state index in [4.69, 9.17) is 9.47 Å². The van der Waals surface area contributed by atoms with Gasteiger partial charge in [-0.2, -0.15) is 13.2 Å². The van der Waals surface area contributed by atoms with Crippen molar-refractivity contribution >= 4 is 5.91 Å². The maximum Gasteiger partial charge on any atom is 0.416 e. The maximum absolute atomic E-state index is 13.2. The molecule has 2 aromatic carbocycles. The van der Waals surface area contributed by atoms with Gasteiger partial charge in [0.15, 0.2) is 11.5 Å². The molecule has 7 nitrogen and oxygen atoms in total. The number of benzene rings is 2. The highest BCUT2D eigenvalue weighted by Gasteiger charge is 2.51. The first-order valence-corrected chi connectivity index (χ1v) is 13.5. The van der Waals surface area contributed by atoms with Gasteiger partial charge in [0.2, 0.25) is 0 Å². The van der Waals surface area contributed by atoms with Crippen molar-refractivity contribution in [1.82, 2.24) is 20.2 Å². The minimum atomic E-state index is -4.42. The zero-order valence-corrected chi connectivity index (χ0v) is 22.8. The van der Waals surface area contributed by atoms with E-state index in [2.05, 4.69) is 27.1 Å². The van der Waals surface area contributed by atoms with E-state index in [1.165, 1.54) is 18.5 Å². The second kappa shape index (κ2) is 11.1. The van der Waals surface area contributed by atoms with Crippen molar-refractivity contribution in [3.05, 3.63) is 82.9 Å². The Morgan fingerprint density at radius 1 is 1.02 bits per heavy atom. The summed E-state index contributed by atoms with van der Waals surface area (Å²) in [5.41, 5.74) is 1.69. The summed E-state index contributed by atoms with van der Waals surface area (Å²) in [4.78, 5) is 23.3. The monoisotopic (exact) mass is 554 g/mol. The Hall–Kier alpha value is -3.66. The lowest BCUT2D eigenvalue weighted by Gasteiger charge is -2.42. The third-order valence-electron chi connectivity index (χ3n) is 7.98. The van der Waals surface area contributed by atoms with Gasteiger partial charge in [-0.05, 0) is 77.4 Å². The second-order valence-electron chi connectivity index (χ2n) is 10.5. The molecule has 0 bridgehead atoms. The number of piperidine rings is 1. The third-order valence-corrected chi connectivity index (χ3v) is 7.98. The van der Waals surface area contributed by atoms with E-state index < -0.39 is 17.5 Å². The number of ether oxygens (including phenoxy) is 2. The van der Waals surface area contributed by atoms with Crippen molar-refractivity contribution in [2.75, 3.05) is 19.6 Å². The van der Waals surface area contributed by atoms with Gasteiger partial charge >= 0.3 is 6.18 Å². The Morgan fingerprint density at radius 2 is 1.60 bits per heavy atom. The van der Waals surface area contributed by atoms with Gasteiger partial charge in [0.25, 0.3) is 11.7 Å². The molecule has 1 atom stereocenters. The van der Waals surface area contributed by atoms with Gasteiger partial charge in [-0.15, -0.1) is 0 Å². The molecule has 0 radical (unpaired) electrons. The average molecular weight is 555 g/mol. The Balaban J connectivity index is 1.23. The quantitative estimate of drug-likeness (QED) is 0.407. The minimum absolute atomic E-state index is 0.0659. The molecule has 1 fully saturated rings. The lowest BCUT2D eigenvalue weighted by Crippen LogP contribution is -2.50. The molecule has 3 heterocycles. The Kier molecular flexibility index (Phi) is 7.72. The molecule has 1 amide bonds. The van der Waals surface area contributed by atoms with Gasteiger partial charge < -0.3 is 19.7 Å². The number of nitrogens with one attached hydrogen (secondary N) is 1. The fourth-order valence-electron chi connectivity index (χ4n) is 5.69. The predicted octanol–water partition coefficient (Wildman–Crippen LogP) is 5.66. The zero-order chi connectivity index (χ0) is 28.5. The van der Waals surface area contributed by atoms with Crippen LogP contribution < -0.4 is 14.8 Å². The maximum atomic E-state index is 13.2. The van der Waals surface area contributed by atoms with Crippen LogP contribution in [0, 0.1) is 19.8 Å². The summed E-state index contributed by atoms with van der Waals surface area (Å²) in [5, 5.41) is 2.99. The molecule has 1 aromatic heterocycles. The molecule has 5 rings (SSSR count). The fraction of sp³-hybridized carbons (Fsp3) is 0.433. The largest absolute Gasteiger partial charge is 0.444 e. The highest BCUT2D eigenvalue weighted by Crippen LogP contribution is 2.50. The molecule has 2 aliphatic rings. The number of alkyl halides is 3. The minimum Gasteiger partial charge on any atom is -0.444 e. The van der Waals surface area contributed by atoms with Gasteiger partial charge in [-0.1, -0.05) is 24.3 Å². The van der Waals surface area contributed by atoms with Crippen molar-refractivity contribution in [2.24, 2.45) is 5.92 Å². The number of halogens is 3. The molecule has 10 heteroatoms. The smallest absolute Gasteiger partial charge is 0.416 e. The molecule has 1 saturated heterocycles. The summed E-state index contributed by atoms with van der Waals surface area (Å²) in [7, 11) is 0. The Labute approximate surface area is 231 Å². The van der Waals surface area contributed by atoms with Crippen LogP contribution in [0.15, 0.2) is 54.9 Å². The molecule has 212 valence electrons. The molecule has 0 spiro atoms. The molecule has 0 aliphatic carbocycles. The highest BCUT2D eigenvalue weighted by atomic mass is 19.4. The van der Waals surface area contributed by atoms with E-state index >= 15 is 0 Å². The zero-order valence-electron chi connectivity index (χ0n) is 22.8. The first kappa shape index (κ1) is 27.9. The van der Waals surface area contributed by atoms with Crippen LogP contribution in [0.1, 0.15) is 59.1 Å². The van der Waals surface area contributed by atoms with Crippen LogP contribution in [0.3, 0.4) is 0 Å². The van der Waals surface area contributed by atoms with E-state index in [9.17, 15) is 18.0 Å². The summed E-state index contributed by atoms with van der Waals surface area (Å²) in [5.74, 6) is -0.254. The number of fused-ring (bicyclic) bond motifs is 1. The molecule has 2 aliphatic heterocycles. The van der Waals surface area contributed by atoms with Gasteiger partial charge in [0.1, 0.15) is 6.33 Å². The summed E-state index contributed by atoms with van der Waals surface area (Å²) in [6, 6.07) is 12.7. The SMILES string of the molecule is Cc1ncnc(C)c1C(=O)NCCC(C)N1CCC(C2(c3ccc(C(F)(F)F)cc3)Oc3ccccc3O2)CC1. The number of amides is 1. The molecular formula is C30H33F3N4O3. The predicted molar refractivity (Wildman–Crippen MR) is 143 cm³/mol. The van der Waals surface area contributed by atoms with Crippen molar-refractivity contribution in [3.63, 3.8) is 0 Å². The molecule has 1 N–H and O–H groups in total. The summed E-state index contributed by atoms with van der Waals surface area (Å²) in [6.45, 7) is 7.80. The van der Waals surface area contributed by atoms with Gasteiger partial charge in [-0.3, -0.25) is 4.79 Å². The van der Waals surface area contributed by atoms with E-state index in [1.807, 2.05) is 24.3 Å². The number of rotatable bonds is 7. The Bertz CT molecular complexity index is 1310. The van der Waals surface area contributed by atoms with E-state index in [-0.39, 0.29) is 17.9 Å². The Morgan fingerprint density at radius 3 is 2.15 bits per heavy atom. The molecule has 1 unspecified atom stereocenters. The normalized spacial score (nSPS) is 17.9. The number of likely N-dealkylation sites (tertiary alicyclic amines) is 1. The van der Waals surface area contributed by atoms with Crippen LogP contribution in [-0.4, -0.2) is 46.5 Å². The first-order chi connectivity index (χ1) is 19.1. The van der Waals surface area contributed by atoms with Crippen molar-refractivity contribution in [1.29, 1.82) is 0 Å². The number of hydrogen-bond acceptors (Lipinski definition) is 6.